The first-order valence-electron chi connectivity index (χ1n) is 10.7. The molecule has 0 radical (unpaired) electrons. The fraction of sp³-hybridized carbons (Fsp3) is 0.739. The van der Waals surface area contributed by atoms with Crippen molar-refractivity contribution in [2.75, 3.05) is 5.73 Å². The summed E-state index contributed by atoms with van der Waals surface area (Å²) in [6.45, 7) is 4.28. The SMILES string of the molecule is CCCCCCCCCCCCCCCCc1c(O)ccc(C)c1N. The number of phenolic OH excluding ortho intramolecular Hbond substituents is 1. The molecular formula is C23H41NO. The Morgan fingerprint density at radius 3 is 1.64 bits per heavy atom. The fourth-order valence-electron chi connectivity index (χ4n) is 3.53. The first-order valence-corrected chi connectivity index (χ1v) is 10.7. The minimum atomic E-state index is 0.359. The maximum Gasteiger partial charge on any atom is 0.120 e. The summed E-state index contributed by atoms with van der Waals surface area (Å²) in [6.07, 6.45) is 20.1. The van der Waals surface area contributed by atoms with E-state index in [9.17, 15) is 5.11 Å². The largest absolute Gasteiger partial charge is 0.508 e. The predicted molar refractivity (Wildman–Crippen MR) is 111 cm³/mol. The van der Waals surface area contributed by atoms with Crippen molar-refractivity contribution in [1.82, 2.24) is 0 Å². The van der Waals surface area contributed by atoms with Crippen LogP contribution < -0.4 is 5.73 Å². The molecule has 1 rings (SSSR count). The van der Waals surface area contributed by atoms with Gasteiger partial charge in [0.15, 0.2) is 0 Å². The third-order valence-corrected chi connectivity index (χ3v) is 5.33. The zero-order valence-electron chi connectivity index (χ0n) is 16.8. The number of nitrogen functional groups attached to an aromatic ring is 1. The van der Waals surface area contributed by atoms with Crippen LogP contribution in [0.15, 0.2) is 12.1 Å². The van der Waals surface area contributed by atoms with Gasteiger partial charge in [0.05, 0.1) is 0 Å². The van der Waals surface area contributed by atoms with Gasteiger partial charge in [-0.2, -0.15) is 0 Å². The number of aromatic hydroxyl groups is 1. The molecule has 0 saturated heterocycles. The van der Waals surface area contributed by atoms with Gasteiger partial charge in [0, 0.05) is 11.3 Å². The minimum absolute atomic E-state index is 0.359. The van der Waals surface area contributed by atoms with Crippen molar-refractivity contribution in [3.63, 3.8) is 0 Å². The average molecular weight is 348 g/mol. The van der Waals surface area contributed by atoms with Crippen molar-refractivity contribution in [2.24, 2.45) is 0 Å². The second-order valence-electron chi connectivity index (χ2n) is 7.64. The summed E-state index contributed by atoms with van der Waals surface area (Å²) in [4.78, 5) is 0. The molecule has 0 saturated carbocycles. The monoisotopic (exact) mass is 347 g/mol. The molecule has 25 heavy (non-hydrogen) atoms. The Hall–Kier alpha value is -1.18. The maximum absolute atomic E-state index is 9.94. The molecule has 1 aromatic carbocycles. The van der Waals surface area contributed by atoms with Gasteiger partial charge in [-0.25, -0.2) is 0 Å². The molecule has 0 heterocycles. The smallest absolute Gasteiger partial charge is 0.120 e. The van der Waals surface area contributed by atoms with E-state index in [1.807, 2.05) is 13.0 Å². The first kappa shape index (κ1) is 21.9. The Morgan fingerprint density at radius 2 is 1.16 bits per heavy atom. The second kappa shape index (κ2) is 14.0. The Bertz CT molecular complexity index is 456. The second-order valence-corrected chi connectivity index (χ2v) is 7.64. The number of rotatable bonds is 15. The summed E-state index contributed by atoms with van der Waals surface area (Å²) in [5.41, 5.74) is 8.86. The summed E-state index contributed by atoms with van der Waals surface area (Å²) < 4.78 is 0. The molecule has 0 unspecified atom stereocenters. The van der Waals surface area contributed by atoms with Crippen LogP contribution in [0.1, 0.15) is 108 Å². The Balaban J connectivity index is 1.92. The third-order valence-electron chi connectivity index (χ3n) is 5.33. The number of benzene rings is 1. The van der Waals surface area contributed by atoms with Gasteiger partial charge in [-0.1, -0.05) is 96.5 Å². The number of phenols is 1. The maximum atomic E-state index is 9.94. The van der Waals surface area contributed by atoms with E-state index in [1.54, 1.807) is 6.07 Å². The summed E-state index contributed by atoms with van der Waals surface area (Å²) in [7, 11) is 0. The van der Waals surface area contributed by atoms with Crippen LogP contribution in [0.5, 0.6) is 5.75 Å². The standard InChI is InChI=1S/C23H41NO/c1-3-4-5-6-7-8-9-10-11-12-13-14-15-16-17-21-22(25)19-18-20(2)23(21)24/h18-19,25H,3-17,24H2,1-2H3. The molecule has 0 fully saturated rings. The van der Waals surface area contributed by atoms with Crippen molar-refractivity contribution < 1.29 is 5.11 Å². The zero-order valence-corrected chi connectivity index (χ0v) is 16.8. The van der Waals surface area contributed by atoms with Crippen molar-refractivity contribution in [2.45, 2.75) is 110 Å². The highest BCUT2D eigenvalue weighted by molar-refractivity contribution is 5.58. The van der Waals surface area contributed by atoms with Crippen molar-refractivity contribution in [3.05, 3.63) is 23.3 Å². The molecule has 144 valence electrons. The molecule has 0 aliphatic heterocycles. The summed E-state index contributed by atoms with van der Waals surface area (Å²) >= 11 is 0. The topological polar surface area (TPSA) is 46.2 Å². The molecule has 0 bridgehead atoms. The van der Waals surface area contributed by atoms with Gasteiger partial charge in [0.2, 0.25) is 0 Å². The van der Waals surface area contributed by atoms with Gasteiger partial charge >= 0.3 is 0 Å². The molecule has 2 heteroatoms. The molecule has 0 amide bonds. The summed E-state index contributed by atoms with van der Waals surface area (Å²) in [5, 5.41) is 9.94. The van der Waals surface area contributed by atoms with E-state index in [-0.39, 0.29) is 0 Å². The average Bonchev–Trinajstić information content (AvgIpc) is 2.61. The highest BCUT2D eigenvalue weighted by atomic mass is 16.3. The molecule has 1 aromatic rings. The number of anilines is 1. The van der Waals surface area contributed by atoms with Gasteiger partial charge in [-0.15, -0.1) is 0 Å². The molecule has 0 aliphatic carbocycles. The Labute approximate surface area is 156 Å². The lowest BCUT2D eigenvalue weighted by atomic mass is 10.00. The zero-order chi connectivity index (χ0) is 18.3. The first-order chi connectivity index (χ1) is 12.2. The molecular weight excluding hydrogens is 306 g/mol. The highest BCUT2D eigenvalue weighted by Gasteiger charge is 2.07. The van der Waals surface area contributed by atoms with Gasteiger partial charge in [0.1, 0.15) is 5.75 Å². The summed E-state index contributed by atoms with van der Waals surface area (Å²) in [6, 6.07) is 3.66. The van der Waals surface area contributed by atoms with E-state index in [4.69, 9.17) is 5.73 Å². The lowest BCUT2D eigenvalue weighted by Gasteiger charge is -2.10. The lowest BCUT2D eigenvalue weighted by Crippen LogP contribution is -1.98. The number of unbranched alkanes of at least 4 members (excludes halogenated alkanes) is 13. The van der Waals surface area contributed by atoms with Crippen LogP contribution >= 0.6 is 0 Å². The van der Waals surface area contributed by atoms with E-state index in [1.165, 1.54) is 83.5 Å². The third kappa shape index (κ3) is 9.77. The molecule has 0 atom stereocenters. The lowest BCUT2D eigenvalue weighted by molar-refractivity contribution is 0.466. The highest BCUT2D eigenvalue weighted by Crippen LogP contribution is 2.28. The summed E-state index contributed by atoms with van der Waals surface area (Å²) in [5.74, 6) is 0.359. The fourth-order valence-corrected chi connectivity index (χ4v) is 3.53. The minimum Gasteiger partial charge on any atom is -0.508 e. The van der Waals surface area contributed by atoms with Crippen molar-refractivity contribution in [3.8, 4) is 5.75 Å². The van der Waals surface area contributed by atoms with E-state index < -0.39 is 0 Å². The van der Waals surface area contributed by atoms with E-state index in [0.717, 1.165) is 29.7 Å². The van der Waals surface area contributed by atoms with Crippen LogP contribution in [-0.4, -0.2) is 5.11 Å². The quantitative estimate of drug-likeness (QED) is 0.258. The number of nitrogens with two attached hydrogens (primary N) is 1. The van der Waals surface area contributed by atoms with Gasteiger partial charge in [-0.05, 0) is 31.4 Å². The predicted octanol–water partition coefficient (Wildman–Crippen LogP) is 7.31. The van der Waals surface area contributed by atoms with Gasteiger partial charge in [-0.3, -0.25) is 0 Å². The molecule has 0 spiro atoms. The van der Waals surface area contributed by atoms with Crippen LogP contribution in [0.2, 0.25) is 0 Å². The molecule has 0 aromatic heterocycles. The molecule has 2 nitrogen and oxygen atoms in total. The molecule has 0 aliphatic rings. The van der Waals surface area contributed by atoms with Crippen molar-refractivity contribution in [1.29, 1.82) is 0 Å². The van der Waals surface area contributed by atoms with Crippen LogP contribution in [0.3, 0.4) is 0 Å². The van der Waals surface area contributed by atoms with E-state index >= 15 is 0 Å². The van der Waals surface area contributed by atoms with Crippen LogP contribution in [0.25, 0.3) is 0 Å². The normalized spacial score (nSPS) is 11.1. The van der Waals surface area contributed by atoms with Crippen LogP contribution in [-0.2, 0) is 6.42 Å². The van der Waals surface area contributed by atoms with Gasteiger partial charge < -0.3 is 10.8 Å². The number of hydrogen-bond donors (Lipinski definition) is 2. The van der Waals surface area contributed by atoms with Gasteiger partial charge in [0.25, 0.3) is 0 Å². The van der Waals surface area contributed by atoms with E-state index in [0.29, 0.717) is 5.75 Å². The Morgan fingerprint density at radius 1 is 0.720 bits per heavy atom. The van der Waals surface area contributed by atoms with Crippen LogP contribution in [0, 0.1) is 6.92 Å². The number of aryl methyl sites for hydroxylation is 1. The van der Waals surface area contributed by atoms with Crippen molar-refractivity contribution >= 4 is 5.69 Å². The molecule has 3 N–H and O–H groups in total. The van der Waals surface area contributed by atoms with Crippen LogP contribution in [0.4, 0.5) is 5.69 Å². The van der Waals surface area contributed by atoms with E-state index in [2.05, 4.69) is 6.92 Å². The number of hydrogen-bond acceptors (Lipinski definition) is 2. The Kier molecular flexibility index (Phi) is 12.3.